The molecule has 36 heavy (non-hydrogen) atoms. The van der Waals surface area contributed by atoms with Gasteiger partial charge in [-0.2, -0.15) is 0 Å². The van der Waals surface area contributed by atoms with Gasteiger partial charge in [-0.3, -0.25) is 14.6 Å². The summed E-state index contributed by atoms with van der Waals surface area (Å²) in [7, 11) is 2.17. The van der Waals surface area contributed by atoms with Crippen LogP contribution < -0.4 is 16.8 Å². The zero-order chi connectivity index (χ0) is 26.4. The third kappa shape index (κ3) is 4.51. The molecular formula is C26H30FN6O2P. The Morgan fingerprint density at radius 2 is 1.94 bits per heavy atom. The monoisotopic (exact) mass is 508 g/mol. The smallest absolute Gasteiger partial charge is 0.230 e. The number of nitrogens with zero attached hydrogens (tertiary/aromatic N) is 1. The number of halogens is 1. The van der Waals surface area contributed by atoms with Gasteiger partial charge in [-0.05, 0) is 44.9 Å². The highest BCUT2D eigenvalue weighted by molar-refractivity contribution is 7.18. The van der Waals surface area contributed by atoms with Gasteiger partial charge >= 0.3 is 0 Å². The predicted octanol–water partition coefficient (Wildman–Crippen LogP) is 4.76. The summed E-state index contributed by atoms with van der Waals surface area (Å²) >= 11 is 0. The number of benzene rings is 2. The molecule has 0 bridgehead atoms. The van der Waals surface area contributed by atoms with E-state index in [0.29, 0.717) is 50.5 Å². The summed E-state index contributed by atoms with van der Waals surface area (Å²) in [5.41, 5.74) is 15.2. The first-order valence-corrected chi connectivity index (χ1v) is 12.1. The standard InChI is InChI=1S/C26H30FN6O2P/c1-13(23(30)34)21-22(20-16(10-28)17(29)8-9-19(20)32-21)31-14(2)15-6-4-5-7-18(15)33-24(35)25(3)11-26(27,36)12-25/h4-10,13,28,32H,11-12,29,36H2,1-3H3,(H2,30,34)(H,33,35). The number of H-pyrrole nitrogens is 1. The Balaban J connectivity index is 1.81. The van der Waals surface area contributed by atoms with Gasteiger partial charge in [-0.25, -0.2) is 4.39 Å². The highest BCUT2D eigenvalue weighted by Gasteiger charge is 2.54. The lowest BCUT2D eigenvalue weighted by atomic mass is 9.67. The first-order chi connectivity index (χ1) is 16.9. The minimum Gasteiger partial charge on any atom is -0.398 e. The van der Waals surface area contributed by atoms with Crippen molar-refractivity contribution in [1.29, 1.82) is 5.41 Å². The number of aromatic nitrogens is 1. The van der Waals surface area contributed by atoms with E-state index in [-0.39, 0.29) is 18.7 Å². The van der Waals surface area contributed by atoms with Gasteiger partial charge in [0.1, 0.15) is 5.41 Å². The van der Waals surface area contributed by atoms with Crippen LogP contribution in [0.15, 0.2) is 41.4 Å². The number of hydrogen-bond acceptors (Lipinski definition) is 5. The topological polar surface area (TPSA) is 150 Å². The fraction of sp³-hybridized carbons (Fsp3) is 0.308. The lowest BCUT2D eigenvalue weighted by Crippen LogP contribution is -2.50. The van der Waals surface area contributed by atoms with E-state index < -0.39 is 22.6 Å². The van der Waals surface area contributed by atoms with Crippen LogP contribution in [0.1, 0.15) is 56.4 Å². The number of primary amides is 1. The van der Waals surface area contributed by atoms with Gasteiger partial charge in [0.15, 0.2) is 0 Å². The Morgan fingerprint density at radius 1 is 1.28 bits per heavy atom. The van der Waals surface area contributed by atoms with Crippen LogP contribution in [0.5, 0.6) is 0 Å². The van der Waals surface area contributed by atoms with Crippen LogP contribution >= 0.6 is 9.24 Å². The van der Waals surface area contributed by atoms with Crippen LogP contribution in [0.3, 0.4) is 0 Å². The number of aromatic amines is 1. The predicted molar refractivity (Wildman–Crippen MR) is 146 cm³/mol. The molecule has 0 radical (unpaired) electrons. The summed E-state index contributed by atoms with van der Waals surface area (Å²) in [4.78, 5) is 33.1. The van der Waals surface area contributed by atoms with Gasteiger partial charge in [0, 0.05) is 45.3 Å². The molecule has 4 rings (SSSR count). The Kier molecular flexibility index (Phi) is 6.47. The number of para-hydroxylation sites is 1. The number of alkyl halides is 1. The van der Waals surface area contributed by atoms with Gasteiger partial charge in [0.05, 0.1) is 22.7 Å². The molecule has 7 N–H and O–H groups in total. The van der Waals surface area contributed by atoms with E-state index in [2.05, 4.69) is 19.5 Å². The number of nitrogens with two attached hydrogens (primary N) is 2. The Hall–Kier alpha value is -3.58. The van der Waals surface area contributed by atoms with Gasteiger partial charge in [-0.15, -0.1) is 0 Å². The largest absolute Gasteiger partial charge is 0.398 e. The third-order valence-corrected chi connectivity index (χ3v) is 7.21. The lowest BCUT2D eigenvalue weighted by molar-refractivity contribution is -0.134. The van der Waals surface area contributed by atoms with E-state index in [0.717, 1.165) is 6.21 Å². The number of amides is 2. The lowest BCUT2D eigenvalue weighted by Gasteiger charge is -2.46. The number of hydrogen-bond donors (Lipinski definition) is 5. The zero-order valence-corrected chi connectivity index (χ0v) is 21.6. The first kappa shape index (κ1) is 25.5. The summed E-state index contributed by atoms with van der Waals surface area (Å²) in [5.74, 6) is -1.46. The van der Waals surface area contributed by atoms with E-state index in [4.69, 9.17) is 21.9 Å². The van der Waals surface area contributed by atoms with Crippen molar-refractivity contribution in [2.75, 3.05) is 11.1 Å². The Morgan fingerprint density at radius 3 is 2.56 bits per heavy atom. The molecule has 0 saturated heterocycles. The number of anilines is 2. The van der Waals surface area contributed by atoms with Crippen molar-refractivity contribution in [1.82, 2.24) is 4.98 Å². The molecule has 2 amide bonds. The summed E-state index contributed by atoms with van der Waals surface area (Å²) in [6, 6.07) is 10.7. The molecular weight excluding hydrogens is 478 g/mol. The summed E-state index contributed by atoms with van der Waals surface area (Å²) in [6.07, 6.45) is 1.41. The van der Waals surface area contributed by atoms with Crippen LogP contribution in [0.25, 0.3) is 10.9 Å². The average Bonchev–Trinajstić information content (AvgIpc) is 3.15. The van der Waals surface area contributed by atoms with Gasteiger partial charge < -0.3 is 27.2 Å². The molecule has 1 aliphatic carbocycles. The van der Waals surface area contributed by atoms with E-state index in [1.807, 2.05) is 12.1 Å². The van der Waals surface area contributed by atoms with Crippen molar-refractivity contribution < 1.29 is 14.0 Å². The minimum absolute atomic E-state index is 0.128. The van der Waals surface area contributed by atoms with E-state index in [1.54, 1.807) is 45.0 Å². The van der Waals surface area contributed by atoms with Crippen LogP contribution in [0, 0.1) is 10.8 Å². The van der Waals surface area contributed by atoms with Crippen LogP contribution in [-0.2, 0) is 9.59 Å². The van der Waals surface area contributed by atoms with E-state index >= 15 is 0 Å². The second-order valence-corrected chi connectivity index (χ2v) is 10.8. The van der Waals surface area contributed by atoms with Gasteiger partial charge in [0.25, 0.3) is 0 Å². The van der Waals surface area contributed by atoms with Crippen molar-refractivity contribution in [3.05, 3.63) is 53.2 Å². The molecule has 0 spiro atoms. The van der Waals surface area contributed by atoms with Crippen molar-refractivity contribution in [2.24, 2.45) is 16.1 Å². The maximum Gasteiger partial charge on any atom is 0.230 e. The summed E-state index contributed by atoms with van der Waals surface area (Å²) < 4.78 is 14.1. The molecule has 2 aromatic carbocycles. The molecule has 3 aromatic rings. The minimum atomic E-state index is -1.42. The van der Waals surface area contributed by atoms with Crippen molar-refractivity contribution in [3.63, 3.8) is 0 Å². The van der Waals surface area contributed by atoms with Crippen LogP contribution in [0.2, 0.25) is 0 Å². The molecule has 2 unspecified atom stereocenters. The van der Waals surface area contributed by atoms with Crippen LogP contribution in [0.4, 0.5) is 21.5 Å². The molecule has 1 heterocycles. The number of rotatable bonds is 7. The Bertz CT molecular complexity index is 1420. The second-order valence-electron chi connectivity index (χ2n) is 9.79. The highest BCUT2D eigenvalue weighted by Crippen LogP contribution is 2.55. The number of fused-ring (bicyclic) bond motifs is 1. The number of carbonyl (C=O) groups excluding carboxylic acids is 2. The van der Waals surface area contributed by atoms with Crippen molar-refractivity contribution in [2.45, 2.75) is 44.9 Å². The molecule has 188 valence electrons. The van der Waals surface area contributed by atoms with Gasteiger partial charge in [-0.1, -0.05) is 34.4 Å². The Labute approximate surface area is 210 Å². The average molecular weight is 509 g/mol. The fourth-order valence-corrected chi connectivity index (χ4v) is 5.78. The van der Waals surface area contributed by atoms with Crippen molar-refractivity contribution >= 4 is 60.9 Å². The molecule has 1 saturated carbocycles. The summed E-state index contributed by atoms with van der Waals surface area (Å²) in [5, 5.41) is 10.0. The number of nitrogen functional groups attached to an aromatic ring is 1. The molecule has 1 fully saturated rings. The second kappa shape index (κ2) is 9.13. The molecule has 2 atom stereocenters. The van der Waals surface area contributed by atoms with Crippen molar-refractivity contribution in [3.8, 4) is 0 Å². The fourth-order valence-electron chi connectivity index (χ4n) is 4.88. The quantitative estimate of drug-likeness (QED) is 0.178. The number of aliphatic imine (C=N–C) groups is 1. The number of carbonyl (C=O) groups is 2. The van der Waals surface area contributed by atoms with Crippen LogP contribution in [-0.4, -0.2) is 34.1 Å². The van der Waals surface area contributed by atoms with Gasteiger partial charge in [0.2, 0.25) is 11.8 Å². The normalized spacial score (nSPS) is 22.6. The third-order valence-electron chi connectivity index (χ3n) is 6.81. The molecule has 1 aromatic heterocycles. The number of nitrogens with one attached hydrogen (secondary N) is 3. The summed E-state index contributed by atoms with van der Waals surface area (Å²) in [6.45, 7) is 5.22. The maximum absolute atomic E-state index is 14.1. The maximum atomic E-state index is 14.1. The molecule has 0 aliphatic heterocycles. The van der Waals surface area contributed by atoms with E-state index in [1.165, 1.54) is 0 Å². The van der Waals surface area contributed by atoms with E-state index in [9.17, 15) is 14.0 Å². The zero-order valence-electron chi connectivity index (χ0n) is 20.4. The molecule has 10 heteroatoms. The molecule has 1 aliphatic rings. The molecule has 8 nitrogen and oxygen atoms in total. The first-order valence-electron chi connectivity index (χ1n) is 11.5. The SMILES string of the molecule is CC(=Nc1c(C(C)C(N)=O)[nH]c2ccc(N)c(C=N)c12)c1ccccc1NC(=O)C1(C)CC(F)(P)C1. The highest BCUT2D eigenvalue weighted by atomic mass is 31.0.